The average Bonchev–Trinajstić information content (AvgIpc) is 2.54. The topological polar surface area (TPSA) is 98.0 Å². The highest BCUT2D eigenvalue weighted by Gasteiger charge is 2.08. The number of benzene rings is 2. The first-order valence-corrected chi connectivity index (χ1v) is 9.14. The lowest BCUT2D eigenvalue weighted by Crippen LogP contribution is -2.12. The summed E-state index contributed by atoms with van der Waals surface area (Å²) in [6.07, 6.45) is 0.695. The number of para-hydroxylation sites is 1. The first-order chi connectivity index (χ1) is 11.4. The molecule has 3 rings (SSSR count). The van der Waals surface area contributed by atoms with Crippen molar-refractivity contribution in [2.75, 3.05) is 11.9 Å². The molecule has 8 heteroatoms. The quantitative estimate of drug-likeness (QED) is 0.680. The van der Waals surface area contributed by atoms with E-state index in [-0.39, 0.29) is 10.2 Å². The molecule has 3 N–H and O–H groups in total. The van der Waals surface area contributed by atoms with Crippen LogP contribution in [0.2, 0.25) is 5.28 Å². The Bertz CT molecular complexity index is 975. The van der Waals surface area contributed by atoms with E-state index in [9.17, 15) is 8.42 Å². The van der Waals surface area contributed by atoms with Crippen molar-refractivity contribution in [3.63, 3.8) is 0 Å². The second-order valence-electron chi connectivity index (χ2n) is 5.22. The molecule has 0 atom stereocenters. The first-order valence-electron chi connectivity index (χ1n) is 7.21. The van der Waals surface area contributed by atoms with Gasteiger partial charge in [0.05, 0.1) is 10.4 Å². The van der Waals surface area contributed by atoms with Crippen molar-refractivity contribution in [2.24, 2.45) is 5.14 Å². The van der Waals surface area contributed by atoms with Crippen molar-refractivity contribution >= 4 is 38.3 Å². The molecule has 6 nitrogen and oxygen atoms in total. The fraction of sp³-hybridized carbons (Fsp3) is 0.125. The Morgan fingerprint density at radius 1 is 1.04 bits per heavy atom. The number of hydrogen-bond donors (Lipinski definition) is 2. The summed E-state index contributed by atoms with van der Waals surface area (Å²) in [6.45, 7) is 0.617. The molecule has 0 unspecified atom stereocenters. The number of aromatic nitrogens is 2. The molecule has 0 aliphatic carbocycles. The van der Waals surface area contributed by atoms with Crippen LogP contribution in [0, 0.1) is 0 Å². The Morgan fingerprint density at radius 3 is 2.46 bits per heavy atom. The molecule has 1 aromatic heterocycles. The first kappa shape index (κ1) is 16.6. The van der Waals surface area contributed by atoms with Gasteiger partial charge in [-0.3, -0.25) is 0 Å². The van der Waals surface area contributed by atoms with Gasteiger partial charge in [-0.2, -0.15) is 0 Å². The van der Waals surface area contributed by atoms with Gasteiger partial charge in [0.25, 0.3) is 0 Å². The lowest BCUT2D eigenvalue weighted by atomic mass is 10.1. The molecule has 1 heterocycles. The number of halogens is 1. The van der Waals surface area contributed by atoms with Gasteiger partial charge in [-0.05, 0) is 47.9 Å². The van der Waals surface area contributed by atoms with Gasteiger partial charge in [0.15, 0.2) is 0 Å². The van der Waals surface area contributed by atoms with Crippen molar-refractivity contribution in [2.45, 2.75) is 11.3 Å². The van der Waals surface area contributed by atoms with Crippen LogP contribution in [0.1, 0.15) is 5.56 Å². The van der Waals surface area contributed by atoms with Crippen LogP contribution < -0.4 is 10.5 Å². The van der Waals surface area contributed by atoms with Crippen LogP contribution in [0.5, 0.6) is 0 Å². The number of fused-ring (bicyclic) bond motifs is 1. The molecule has 0 saturated heterocycles. The third-order valence-electron chi connectivity index (χ3n) is 3.53. The van der Waals surface area contributed by atoms with Crippen LogP contribution in [0.15, 0.2) is 53.4 Å². The molecular weight excluding hydrogens is 348 g/mol. The fourth-order valence-corrected chi connectivity index (χ4v) is 3.05. The van der Waals surface area contributed by atoms with E-state index in [2.05, 4.69) is 15.3 Å². The molecule has 0 saturated carbocycles. The molecule has 0 radical (unpaired) electrons. The summed E-state index contributed by atoms with van der Waals surface area (Å²) in [7, 11) is -3.66. The number of hydrogen-bond acceptors (Lipinski definition) is 5. The zero-order valence-corrected chi connectivity index (χ0v) is 14.2. The Balaban J connectivity index is 1.71. The zero-order valence-electron chi connectivity index (χ0n) is 12.6. The Kier molecular flexibility index (Phi) is 4.66. The molecule has 0 amide bonds. The standard InChI is InChI=1S/C16H15ClN4O2S/c17-16-20-14-4-2-1-3-13(14)15(21-16)19-10-9-11-5-7-12(8-6-11)24(18,22)23/h1-8H,9-10H2,(H2,18,22,23)(H,19,20,21). The van der Waals surface area contributed by atoms with E-state index in [4.69, 9.17) is 16.7 Å². The highest BCUT2D eigenvalue weighted by Crippen LogP contribution is 2.21. The van der Waals surface area contributed by atoms with Gasteiger partial charge < -0.3 is 5.32 Å². The number of sulfonamides is 1. The lowest BCUT2D eigenvalue weighted by molar-refractivity contribution is 0.598. The number of primary sulfonamides is 1. The Labute approximate surface area is 144 Å². The Hall–Kier alpha value is -2.22. The summed E-state index contributed by atoms with van der Waals surface area (Å²) in [6, 6.07) is 14.1. The molecule has 0 aliphatic rings. The maximum Gasteiger partial charge on any atom is 0.238 e. The average molecular weight is 363 g/mol. The van der Waals surface area contributed by atoms with Crippen molar-refractivity contribution < 1.29 is 8.42 Å². The molecule has 0 spiro atoms. The van der Waals surface area contributed by atoms with Crippen molar-refractivity contribution in [3.8, 4) is 0 Å². The smallest absolute Gasteiger partial charge is 0.238 e. The predicted octanol–water partition coefficient (Wildman–Crippen LogP) is 2.59. The largest absolute Gasteiger partial charge is 0.369 e. The van der Waals surface area contributed by atoms with E-state index in [1.165, 1.54) is 12.1 Å². The minimum atomic E-state index is -3.66. The van der Waals surface area contributed by atoms with E-state index < -0.39 is 10.0 Å². The van der Waals surface area contributed by atoms with Crippen LogP contribution in [0.3, 0.4) is 0 Å². The van der Waals surface area contributed by atoms with Gasteiger partial charge in [0.1, 0.15) is 5.82 Å². The molecule has 24 heavy (non-hydrogen) atoms. The maximum absolute atomic E-state index is 11.2. The second-order valence-corrected chi connectivity index (χ2v) is 7.12. The highest BCUT2D eigenvalue weighted by atomic mass is 35.5. The van der Waals surface area contributed by atoms with Crippen LogP contribution in [-0.2, 0) is 16.4 Å². The number of nitrogens with one attached hydrogen (secondary N) is 1. The van der Waals surface area contributed by atoms with Crippen molar-refractivity contribution in [1.82, 2.24) is 9.97 Å². The number of nitrogens with two attached hydrogens (primary N) is 1. The molecule has 3 aromatic rings. The maximum atomic E-state index is 11.2. The second kappa shape index (κ2) is 6.72. The highest BCUT2D eigenvalue weighted by molar-refractivity contribution is 7.89. The van der Waals surface area contributed by atoms with E-state index in [1.807, 2.05) is 24.3 Å². The normalized spacial score (nSPS) is 11.6. The summed E-state index contributed by atoms with van der Waals surface area (Å²) in [5.74, 6) is 0.673. The minimum Gasteiger partial charge on any atom is -0.369 e. The van der Waals surface area contributed by atoms with E-state index in [0.717, 1.165) is 16.5 Å². The van der Waals surface area contributed by atoms with Gasteiger partial charge in [0.2, 0.25) is 15.3 Å². The molecular formula is C16H15ClN4O2S. The number of rotatable bonds is 5. The van der Waals surface area contributed by atoms with Crippen LogP contribution in [0.4, 0.5) is 5.82 Å². The molecule has 0 bridgehead atoms. The number of anilines is 1. The van der Waals surface area contributed by atoms with Gasteiger partial charge in [-0.25, -0.2) is 23.5 Å². The van der Waals surface area contributed by atoms with E-state index >= 15 is 0 Å². The third-order valence-corrected chi connectivity index (χ3v) is 4.63. The summed E-state index contributed by atoms with van der Waals surface area (Å²) >= 11 is 5.95. The van der Waals surface area contributed by atoms with Gasteiger partial charge in [-0.15, -0.1) is 0 Å². The summed E-state index contributed by atoms with van der Waals surface area (Å²) in [5, 5.41) is 9.41. The lowest BCUT2D eigenvalue weighted by Gasteiger charge is -2.09. The molecule has 124 valence electrons. The van der Waals surface area contributed by atoms with Crippen LogP contribution in [-0.4, -0.2) is 24.9 Å². The zero-order chi connectivity index (χ0) is 17.2. The summed E-state index contributed by atoms with van der Waals surface area (Å²) in [4.78, 5) is 8.51. The van der Waals surface area contributed by atoms with E-state index in [1.54, 1.807) is 12.1 Å². The monoisotopic (exact) mass is 362 g/mol. The molecule has 2 aromatic carbocycles. The molecule has 0 aliphatic heterocycles. The molecule has 0 fully saturated rings. The SMILES string of the molecule is NS(=O)(=O)c1ccc(CCNc2nc(Cl)nc3ccccc23)cc1. The van der Waals surface area contributed by atoms with Gasteiger partial charge >= 0.3 is 0 Å². The summed E-state index contributed by atoms with van der Waals surface area (Å²) < 4.78 is 22.5. The Morgan fingerprint density at radius 2 is 1.75 bits per heavy atom. The number of nitrogens with zero attached hydrogens (tertiary/aromatic N) is 2. The minimum absolute atomic E-state index is 0.104. The fourth-order valence-electron chi connectivity index (χ4n) is 2.35. The predicted molar refractivity (Wildman–Crippen MR) is 94.6 cm³/mol. The third kappa shape index (κ3) is 3.81. The van der Waals surface area contributed by atoms with Crippen molar-refractivity contribution in [1.29, 1.82) is 0 Å². The van der Waals surface area contributed by atoms with Gasteiger partial charge in [0, 0.05) is 11.9 Å². The van der Waals surface area contributed by atoms with E-state index in [0.29, 0.717) is 18.8 Å². The van der Waals surface area contributed by atoms with Gasteiger partial charge in [-0.1, -0.05) is 24.3 Å². The van der Waals surface area contributed by atoms with Crippen LogP contribution >= 0.6 is 11.6 Å². The van der Waals surface area contributed by atoms with Crippen molar-refractivity contribution in [3.05, 3.63) is 59.4 Å². The summed E-state index contributed by atoms with van der Waals surface area (Å²) in [5.41, 5.74) is 1.76. The van der Waals surface area contributed by atoms with Crippen LogP contribution in [0.25, 0.3) is 10.9 Å².